The molecule has 1 amide bonds. The van der Waals surface area contributed by atoms with Gasteiger partial charge in [-0.1, -0.05) is 54.6 Å². The van der Waals surface area contributed by atoms with E-state index in [1.165, 1.54) is 0 Å². The van der Waals surface area contributed by atoms with Crippen LogP contribution in [0.5, 0.6) is 0 Å². The highest BCUT2D eigenvalue weighted by Gasteiger charge is 2.26. The first-order valence-electron chi connectivity index (χ1n) is 10.1. The van der Waals surface area contributed by atoms with Crippen molar-refractivity contribution in [1.29, 1.82) is 0 Å². The summed E-state index contributed by atoms with van der Waals surface area (Å²) in [5.74, 6) is -0.520. The van der Waals surface area contributed by atoms with Gasteiger partial charge in [-0.25, -0.2) is 9.59 Å². The van der Waals surface area contributed by atoms with Crippen molar-refractivity contribution in [1.82, 2.24) is 5.32 Å². The molecule has 1 aromatic heterocycles. The van der Waals surface area contributed by atoms with E-state index in [4.69, 9.17) is 13.9 Å². The summed E-state index contributed by atoms with van der Waals surface area (Å²) < 4.78 is 15.9. The summed E-state index contributed by atoms with van der Waals surface area (Å²) in [5.41, 5.74) is 3.05. The van der Waals surface area contributed by atoms with Crippen molar-refractivity contribution in [2.75, 3.05) is 0 Å². The minimum atomic E-state index is -0.877. The molecule has 3 rings (SSSR count). The Balaban J connectivity index is 1.69. The molecule has 0 aliphatic heterocycles. The molecule has 0 spiro atoms. The lowest BCUT2D eigenvalue weighted by Crippen LogP contribution is -2.45. The van der Waals surface area contributed by atoms with Crippen molar-refractivity contribution in [3.63, 3.8) is 0 Å². The third-order valence-electron chi connectivity index (χ3n) is 4.45. The summed E-state index contributed by atoms with van der Waals surface area (Å²) in [7, 11) is 0. The molecule has 31 heavy (non-hydrogen) atoms. The third kappa shape index (κ3) is 7.03. The Kier molecular flexibility index (Phi) is 7.13. The molecule has 0 unspecified atom stereocenters. The first-order valence-corrected chi connectivity index (χ1v) is 10.1. The summed E-state index contributed by atoms with van der Waals surface area (Å²) in [5, 5.41) is 2.65. The maximum atomic E-state index is 12.8. The number of carbonyl (C=O) groups is 2. The van der Waals surface area contributed by atoms with Crippen molar-refractivity contribution < 1.29 is 23.5 Å². The second-order valence-corrected chi connectivity index (χ2v) is 8.21. The Morgan fingerprint density at radius 2 is 1.65 bits per heavy atom. The quantitative estimate of drug-likeness (QED) is 0.536. The Labute approximate surface area is 182 Å². The zero-order valence-corrected chi connectivity index (χ0v) is 18.0. The Morgan fingerprint density at radius 3 is 2.26 bits per heavy atom. The summed E-state index contributed by atoms with van der Waals surface area (Å²) in [6.07, 6.45) is 2.90. The lowest BCUT2D eigenvalue weighted by molar-refractivity contribution is -0.147. The molecule has 0 saturated carbocycles. The van der Waals surface area contributed by atoms with Crippen LogP contribution in [-0.4, -0.2) is 23.7 Å². The van der Waals surface area contributed by atoms with E-state index >= 15 is 0 Å². The van der Waals surface area contributed by atoms with Crippen LogP contribution < -0.4 is 5.32 Å². The molecular weight excluding hydrogens is 394 g/mol. The number of carbonyl (C=O) groups excluding carboxylic acids is 2. The van der Waals surface area contributed by atoms with Crippen LogP contribution >= 0.6 is 0 Å². The molecular formula is C25H27NO5. The minimum Gasteiger partial charge on any atom is -0.472 e. The average Bonchev–Trinajstić information content (AvgIpc) is 3.26. The van der Waals surface area contributed by atoms with Gasteiger partial charge in [-0.2, -0.15) is 0 Å². The molecule has 2 aromatic carbocycles. The number of hydrogen-bond donors (Lipinski definition) is 1. The molecule has 1 atom stereocenters. The van der Waals surface area contributed by atoms with Gasteiger partial charge in [0.15, 0.2) is 0 Å². The van der Waals surface area contributed by atoms with Gasteiger partial charge in [-0.05, 0) is 43.5 Å². The predicted octanol–water partition coefficient (Wildman–Crippen LogP) is 5.13. The van der Waals surface area contributed by atoms with E-state index in [1.807, 2.05) is 60.7 Å². The Bertz CT molecular complexity index is 973. The van der Waals surface area contributed by atoms with Crippen molar-refractivity contribution >= 4 is 12.1 Å². The molecule has 1 N–H and O–H groups in total. The van der Waals surface area contributed by atoms with Gasteiger partial charge in [-0.15, -0.1) is 0 Å². The van der Waals surface area contributed by atoms with E-state index in [1.54, 1.807) is 33.3 Å². The highest BCUT2D eigenvalue weighted by Crippen LogP contribution is 2.21. The smallest absolute Gasteiger partial charge is 0.408 e. The molecule has 0 radical (unpaired) electrons. The molecule has 3 aromatic rings. The van der Waals surface area contributed by atoms with Gasteiger partial charge < -0.3 is 19.2 Å². The fourth-order valence-electron chi connectivity index (χ4n) is 2.97. The zero-order chi connectivity index (χ0) is 22.3. The van der Waals surface area contributed by atoms with Gasteiger partial charge >= 0.3 is 12.1 Å². The van der Waals surface area contributed by atoms with Crippen molar-refractivity contribution in [3.05, 3.63) is 84.3 Å². The van der Waals surface area contributed by atoms with Gasteiger partial charge in [-0.3, -0.25) is 0 Å². The maximum absolute atomic E-state index is 12.8. The first kappa shape index (κ1) is 22.2. The highest BCUT2D eigenvalue weighted by molar-refractivity contribution is 5.81. The number of ether oxygens (including phenoxy) is 2. The second kappa shape index (κ2) is 9.98. The molecule has 6 heteroatoms. The standard InChI is InChI=1S/C25H27NO5/c1-25(2,3)31-24(28)26-22(23(27)30-16-19-7-5-4-6-8-19)15-18-9-11-20(12-10-18)21-13-14-29-17-21/h4-14,17,22H,15-16H2,1-3H3,(H,26,28)/t22-/m0/s1. The largest absolute Gasteiger partial charge is 0.472 e. The predicted molar refractivity (Wildman–Crippen MR) is 117 cm³/mol. The molecule has 162 valence electrons. The number of hydrogen-bond acceptors (Lipinski definition) is 5. The fraction of sp³-hybridized carbons (Fsp3) is 0.280. The number of furan rings is 1. The fourth-order valence-corrected chi connectivity index (χ4v) is 2.97. The summed E-state index contributed by atoms with van der Waals surface area (Å²) >= 11 is 0. The molecule has 6 nitrogen and oxygen atoms in total. The van der Waals surface area contributed by atoms with Crippen LogP contribution in [0.25, 0.3) is 11.1 Å². The van der Waals surface area contributed by atoms with Gasteiger partial charge in [0.2, 0.25) is 0 Å². The Hall–Kier alpha value is -3.54. The van der Waals surface area contributed by atoms with Crippen LogP contribution in [0.15, 0.2) is 77.6 Å². The van der Waals surface area contributed by atoms with Gasteiger partial charge in [0.25, 0.3) is 0 Å². The lowest BCUT2D eigenvalue weighted by atomic mass is 10.0. The number of benzene rings is 2. The van der Waals surface area contributed by atoms with Gasteiger partial charge in [0.1, 0.15) is 18.2 Å². The molecule has 0 bridgehead atoms. The topological polar surface area (TPSA) is 77.8 Å². The van der Waals surface area contributed by atoms with E-state index in [2.05, 4.69) is 5.32 Å². The van der Waals surface area contributed by atoms with E-state index < -0.39 is 23.7 Å². The first-order chi connectivity index (χ1) is 14.8. The monoisotopic (exact) mass is 421 g/mol. The van der Waals surface area contributed by atoms with E-state index in [9.17, 15) is 9.59 Å². The zero-order valence-electron chi connectivity index (χ0n) is 18.0. The van der Waals surface area contributed by atoms with Crippen molar-refractivity contribution in [3.8, 4) is 11.1 Å². The third-order valence-corrected chi connectivity index (χ3v) is 4.45. The molecule has 0 saturated heterocycles. The number of esters is 1. The molecule has 0 fully saturated rings. The summed E-state index contributed by atoms with van der Waals surface area (Å²) in [4.78, 5) is 25.1. The average molecular weight is 421 g/mol. The summed E-state index contributed by atoms with van der Waals surface area (Å²) in [6, 6.07) is 18.1. The van der Waals surface area contributed by atoms with Gasteiger partial charge in [0, 0.05) is 12.0 Å². The van der Waals surface area contributed by atoms with Crippen LogP contribution in [0.3, 0.4) is 0 Å². The second-order valence-electron chi connectivity index (χ2n) is 8.21. The normalized spacial score (nSPS) is 12.1. The number of alkyl carbamates (subject to hydrolysis) is 1. The number of nitrogens with one attached hydrogen (secondary N) is 1. The van der Waals surface area contributed by atoms with Crippen molar-refractivity contribution in [2.24, 2.45) is 0 Å². The van der Waals surface area contributed by atoms with Crippen LogP contribution in [0, 0.1) is 0 Å². The van der Waals surface area contributed by atoms with Crippen LogP contribution in [0.1, 0.15) is 31.9 Å². The highest BCUT2D eigenvalue weighted by atomic mass is 16.6. The SMILES string of the molecule is CC(C)(C)OC(=O)N[C@@H](Cc1ccc(-c2ccoc2)cc1)C(=O)OCc1ccccc1. The van der Waals surface area contributed by atoms with Crippen molar-refractivity contribution in [2.45, 2.75) is 45.4 Å². The Morgan fingerprint density at radius 1 is 0.935 bits per heavy atom. The number of amides is 1. The van der Waals surface area contributed by atoms with E-state index in [0.717, 1.165) is 22.3 Å². The lowest BCUT2D eigenvalue weighted by Gasteiger charge is -2.23. The molecule has 0 aliphatic rings. The minimum absolute atomic E-state index is 0.131. The van der Waals surface area contributed by atoms with E-state index in [-0.39, 0.29) is 13.0 Å². The van der Waals surface area contributed by atoms with E-state index in [0.29, 0.717) is 0 Å². The van der Waals surface area contributed by atoms with Crippen LogP contribution in [-0.2, 0) is 27.3 Å². The van der Waals surface area contributed by atoms with Crippen LogP contribution in [0.4, 0.5) is 4.79 Å². The van der Waals surface area contributed by atoms with Crippen LogP contribution in [0.2, 0.25) is 0 Å². The maximum Gasteiger partial charge on any atom is 0.408 e. The molecule has 0 aliphatic carbocycles. The molecule has 1 heterocycles. The van der Waals surface area contributed by atoms with Gasteiger partial charge in [0.05, 0.1) is 12.5 Å². The number of rotatable bonds is 7. The summed E-state index contributed by atoms with van der Waals surface area (Å²) in [6.45, 7) is 5.43.